The van der Waals surface area contributed by atoms with E-state index in [2.05, 4.69) is 6.58 Å². The van der Waals surface area contributed by atoms with Crippen LogP contribution in [0.3, 0.4) is 0 Å². The van der Waals surface area contributed by atoms with Gasteiger partial charge in [-0.1, -0.05) is 49.1 Å². The molecular weight excluding hydrogens is 327 g/mol. The third kappa shape index (κ3) is 2.60. The number of carbonyl (C=O) groups is 1. The fourth-order valence-corrected chi connectivity index (χ4v) is 3.85. The molecule has 1 unspecified atom stereocenters. The molecule has 0 amide bonds. The number of ether oxygens (including phenoxy) is 1. The van der Waals surface area contributed by atoms with Crippen molar-refractivity contribution in [3.63, 3.8) is 0 Å². The highest BCUT2D eigenvalue weighted by Gasteiger charge is 2.38. The number of benzene rings is 3. The van der Waals surface area contributed by atoms with Crippen LogP contribution in [0.4, 0.5) is 4.39 Å². The Hall–Kier alpha value is -2.94. The van der Waals surface area contributed by atoms with Gasteiger partial charge in [-0.05, 0) is 65.4 Å². The smallest absolute Gasteiger partial charge is 0.339 e. The number of hydrogen-bond acceptors (Lipinski definition) is 2. The molecular formula is C23H19FO2. The molecule has 4 rings (SSSR count). The van der Waals surface area contributed by atoms with Gasteiger partial charge in [-0.15, -0.1) is 0 Å². The Kier molecular flexibility index (Phi) is 3.87. The first-order valence-corrected chi connectivity index (χ1v) is 8.68. The van der Waals surface area contributed by atoms with E-state index in [1.54, 1.807) is 18.2 Å². The van der Waals surface area contributed by atoms with E-state index >= 15 is 0 Å². The zero-order valence-corrected chi connectivity index (χ0v) is 14.6. The number of hydrogen-bond donors (Lipinski definition) is 0. The van der Waals surface area contributed by atoms with Crippen molar-refractivity contribution in [3.8, 4) is 0 Å². The second-order valence-electron chi connectivity index (χ2n) is 6.87. The highest BCUT2D eigenvalue weighted by molar-refractivity contribution is 6.06. The number of carbonyl (C=O) groups excluding carboxylic acids is 1. The minimum absolute atomic E-state index is 0.259. The molecule has 3 aromatic rings. The van der Waals surface area contributed by atoms with Crippen molar-refractivity contribution in [2.45, 2.75) is 25.4 Å². The van der Waals surface area contributed by atoms with Gasteiger partial charge >= 0.3 is 5.97 Å². The highest BCUT2D eigenvalue weighted by atomic mass is 19.1. The summed E-state index contributed by atoms with van der Waals surface area (Å²) in [5, 5.41) is 1.81. The van der Waals surface area contributed by atoms with Gasteiger partial charge in [-0.2, -0.15) is 0 Å². The SMILES string of the molecule is C=Cc1cccc2c(C(=O)OC3(C)CCc4cc(F)ccc43)cccc12. The lowest BCUT2D eigenvalue weighted by Gasteiger charge is -2.26. The zero-order valence-electron chi connectivity index (χ0n) is 14.6. The van der Waals surface area contributed by atoms with Gasteiger partial charge in [0.05, 0.1) is 5.56 Å². The molecule has 0 saturated carbocycles. The van der Waals surface area contributed by atoms with Crippen molar-refractivity contribution in [3.05, 3.63) is 89.2 Å². The molecule has 0 N–H and O–H groups in total. The topological polar surface area (TPSA) is 26.3 Å². The van der Waals surface area contributed by atoms with Crippen molar-refractivity contribution in [1.82, 2.24) is 0 Å². The minimum atomic E-state index is -0.738. The first-order valence-electron chi connectivity index (χ1n) is 8.68. The Labute approximate surface area is 151 Å². The van der Waals surface area contributed by atoms with E-state index in [0.717, 1.165) is 27.5 Å². The van der Waals surface area contributed by atoms with Crippen LogP contribution < -0.4 is 0 Å². The summed E-state index contributed by atoms with van der Waals surface area (Å²) in [6.07, 6.45) is 3.13. The Bertz CT molecular complexity index is 1040. The van der Waals surface area contributed by atoms with Gasteiger partial charge in [0.2, 0.25) is 0 Å². The minimum Gasteiger partial charge on any atom is -0.451 e. The van der Waals surface area contributed by atoms with Gasteiger partial charge in [0.25, 0.3) is 0 Å². The quantitative estimate of drug-likeness (QED) is 0.574. The molecule has 3 aromatic carbocycles. The third-order valence-electron chi connectivity index (χ3n) is 5.22. The Balaban J connectivity index is 1.72. The zero-order chi connectivity index (χ0) is 18.3. The summed E-state index contributed by atoms with van der Waals surface area (Å²) in [7, 11) is 0. The van der Waals surface area contributed by atoms with Crippen molar-refractivity contribution in [2.24, 2.45) is 0 Å². The van der Waals surface area contributed by atoms with Gasteiger partial charge in [-0.3, -0.25) is 0 Å². The lowest BCUT2D eigenvalue weighted by molar-refractivity contribution is -0.0109. The van der Waals surface area contributed by atoms with Crippen molar-refractivity contribution < 1.29 is 13.9 Å². The van der Waals surface area contributed by atoms with Crippen molar-refractivity contribution in [1.29, 1.82) is 0 Å². The average Bonchev–Trinajstić information content (AvgIpc) is 2.96. The van der Waals surface area contributed by atoms with Crippen molar-refractivity contribution in [2.75, 3.05) is 0 Å². The van der Waals surface area contributed by atoms with Crippen LogP contribution >= 0.6 is 0 Å². The molecule has 2 nitrogen and oxygen atoms in total. The van der Waals surface area contributed by atoms with Crippen LogP contribution in [0.5, 0.6) is 0 Å². The molecule has 1 aliphatic carbocycles. The maximum absolute atomic E-state index is 13.5. The summed E-state index contributed by atoms with van der Waals surface area (Å²) in [6.45, 7) is 5.73. The molecule has 0 fully saturated rings. The van der Waals surface area contributed by atoms with Crippen LogP contribution in [0, 0.1) is 5.82 Å². The van der Waals surface area contributed by atoms with Gasteiger partial charge in [0.15, 0.2) is 0 Å². The van der Waals surface area contributed by atoms with E-state index in [-0.39, 0.29) is 11.8 Å². The maximum Gasteiger partial charge on any atom is 0.339 e. The predicted octanol–water partition coefficient (Wildman–Crippen LogP) is 5.64. The van der Waals surface area contributed by atoms with E-state index in [0.29, 0.717) is 18.4 Å². The summed E-state index contributed by atoms with van der Waals surface area (Å²) in [5.74, 6) is -0.623. The van der Waals surface area contributed by atoms with Crippen LogP contribution in [0.2, 0.25) is 0 Å². The fraction of sp³-hybridized carbons (Fsp3) is 0.174. The van der Waals surface area contributed by atoms with Crippen LogP contribution in [-0.2, 0) is 16.8 Å². The van der Waals surface area contributed by atoms with Crippen molar-refractivity contribution >= 4 is 22.8 Å². The predicted molar refractivity (Wildman–Crippen MR) is 102 cm³/mol. The van der Waals surface area contributed by atoms with Crippen LogP contribution in [0.25, 0.3) is 16.8 Å². The number of esters is 1. The van der Waals surface area contributed by atoms with Gasteiger partial charge < -0.3 is 4.74 Å². The first-order chi connectivity index (χ1) is 12.5. The molecule has 1 aliphatic rings. The lowest BCUT2D eigenvalue weighted by Crippen LogP contribution is -2.26. The van der Waals surface area contributed by atoms with E-state index in [1.165, 1.54) is 12.1 Å². The summed E-state index contributed by atoms with van der Waals surface area (Å²) < 4.78 is 19.4. The average molecular weight is 346 g/mol. The van der Waals surface area contributed by atoms with Crippen LogP contribution in [-0.4, -0.2) is 5.97 Å². The molecule has 0 saturated heterocycles. The van der Waals surface area contributed by atoms with Gasteiger partial charge in [-0.25, -0.2) is 9.18 Å². The van der Waals surface area contributed by atoms with E-state index in [1.807, 2.05) is 37.3 Å². The standard InChI is InChI=1S/C23H19FO2/c1-3-15-6-4-8-19-18(15)7-5-9-20(19)22(25)26-23(2)13-12-16-14-17(24)10-11-21(16)23/h3-11,14H,1,12-13H2,2H3. The third-order valence-corrected chi connectivity index (χ3v) is 5.22. The molecule has 0 spiro atoms. The number of halogens is 1. The molecule has 0 aliphatic heterocycles. The number of fused-ring (bicyclic) bond motifs is 2. The summed E-state index contributed by atoms with van der Waals surface area (Å²) >= 11 is 0. The fourth-order valence-electron chi connectivity index (χ4n) is 3.85. The summed E-state index contributed by atoms with van der Waals surface area (Å²) in [6, 6.07) is 16.1. The van der Waals surface area contributed by atoms with Crippen LogP contribution in [0.1, 0.15) is 40.4 Å². The van der Waals surface area contributed by atoms with E-state index in [4.69, 9.17) is 4.74 Å². The second kappa shape index (κ2) is 6.10. The molecule has 130 valence electrons. The molecule has 0 heterocycles. The van der Waals surface area contributed by atoms with Gasteiger partial charge in [0, 0.05) is 0 Å². The lowest BCUT2D eigenvalue weighted by atomic mass is 9.97. The largest absolute Gasteiger partial charge is 0.451 e. The molecule has 0 aromatic heterocycles. The molecule has 26 heavy (non-hydrogen) atoms. The summed E-state index contributed by atoms with van der Waals surface area (Å²) in [4.78, 5) is 13.0. The summed E-state index contributed by atoms with van der Waals surface area (Å²) in [5.41, 5.74) is 2.57. The first kappa shape index (κ1) is 16.5. The maximum atomic E-state index is 13.5. The normalized spacial score (nSPS) is 18.5. The molecule has 3 heteroatoms. The highest BCUT2D eigenvalue weighted by Crippen LogP contribution is 2.41. The van der Waals surface area contributed by atoms with E-state index in [9.17, 15) is 9.18 Å². The molecule has 0 bridgehead atoms. The Morgan fingerprint density at radius 3 is 2.73 bits per heavy atom. The van der Waals surface area contributed by atoms with E-state index < -0.39 is 5.60 Å². The molecule has 0 radical (unpaired) electrons. The van der Waals surface area contributed by atoms with Gasteiger partial charge in [0.1, 0.15) is 11.4 Å². The monoisotopic (exact) mass is 346 g/mol. The number of aryl methyl sites for hydroxylation is 1. The Morgan fingerprint density at radius 1 is 1.15 bits per heavy atom. The number of rotatable bonds is 3. The Morgan fingerprint density at radius 2 is 1.92 bits per heavy atom. The molecule has 1 atom stereocenters. The second-order valence-corrected chi connectivity index (χ2v) is 6.87. The van der Waals surface area contributed by atoms with Crippen LogP contribution in [0.15, 0.2) is 61.2 Å².